The monoisotopic (exact) mass is 465 g/mol. The molecular weight excluding hydrogens is 446 g/mol. The van der Waals surface area contributed by atoms with Gasteiger partial charge in [0.05, 0.1) is 18.4 Å². The molecule has 3 saturated heterocycles. The zero-order chi connectivity index (χ0) is 20.6. The molecule has 152 valence electrons. The minimum atomic E-state index is -1.11. The number of carbonyl (C=O) groups excluding carboxylic acids is 3. The molecule has 7 heteroatoms. The number of amides is 3. The van der Waals surface area contributed by atoms with Gasteiger partial charge in [-0.05, 0) is 43.1 Å². The summed E-state index contributed by atoms with van der Waals surface area (Å²) in [4.78, 5) is 44.3. The summed E-state index contributed by atoms with van der Waals surface area (Å²) in [5.74, 6) is -1.71. The van der Waals surface area contributed by atoms with E-state index in [-0.39, 0.29) is 30.3 Å². The quantitative estimate of drug-likeness (QED) is 0.692. The molecule has 2 aromatic carbocycles. The van der Waals surface area contributed by atoms with Crippen LogP contribution in [0.25, 0.3) is 0 Å². The number of benzene rings is 2. The van der Waals surface area contributed by atoms with Crippen molar-refractivity contribution in [2.45, 2.75) is 31.0 Å². The van der Waals surface area contributed by atoms with Crippen molar-refractivity contribution in [3.8, 4) is 0 Å². The lowest BCUT2D eigenvalue weighted by Gasteiger charge is -2.36. The van der Waals surface area contributed by atoms with E-state index in [1.54, 1.807) is 0 Å². The molecule has 3 amide bonds. The van der Waals surface area contributed by atoms with Gasteiger partial charge in [-0.3, -0.25) is 24.2 Å². The van der Waals surface area contributed by atoms with Gasteiger partial charge in [-0.15, -0.1) is 0 Å². The number of carbonyl (C=O) groups is 3. The van der Waals surface area contributed by atoms with Crippen LogP contribution in [0.3, 0.4) is 0 Å². The summed E-state index contributed by atoms with van der Waals surface area (Å²) < 4.78 is 0.856. The Balaban J connectivity index is 1.50. The van der Waals surface area contributed by atoms with Crippen molar-refractivity contribution in [2.24, 2.45) is 11.8 Å². The Morgan fingerprint density at radius 2 is 1.87 bits per heavy atom. The number of fused-ring (bicyclic) bond motifs is 7. The predicted molar refractivity (Wildman–Crippen MR) is 113 cm³/mol. The summed E-state index contributed by atoms with van der Waals surface area (Å²) in [5, 5.41) is 3.00. The lowest BCUT2D eigenvalue weighted by Crippen LogP contribution is -2.54. The Morgan fingerprint density at radius 3 is 2.67 bits per heavy atom. The highest BCUT2D eigenvalue weighted by atomic mass is 79.9. The third-order valence-corrected chi connectivity index (χ3v) is 7.72. The number of imide groups is 1. The van der Waals surface area contributed by atoms with Gasteiger partial charge in [-0.25, -0.2) is 0 Å². The molecule has 2 aromatic rings. The van der Waals surface area contributed by atoms with Crippen molar-refractivity contribution >= 4 is 39.3 Å². The summed E-state index contributed by atoms with van der Waals surface area (Å²) in [6.07, 6.45) is 1.75. The second-order valence-electron chi connectivity index (χ2n) is 8.57. The van der Waals surface area contributed by atoms with Crippen molar-refractivity contribution in [1.29, 1.82) is 0 Å². The van der Waals surface area contributed by atoms with Gasteiger partial charge in [0.1, 0.15) is 5.54 Å². The molecule has 0 aromatic heterocycles. The average molecular weight is 466 g/mol. The first-order valence-electron chi connectivity index (χ1n) is 10.3. The number of anilines is 1. The molecule has 0 saturated carbocycles. The maximum absolute atomic E-state index is 13.7. The summed E-state index contributed by atoms with van der Waals surface area (Å²) >= 11 is 3.52. The molecule has 30 heavy (non-hydrogen) atoms. The molecule has 4 heterocycles. The molecule has 6 nitrogen and oxygen atoms in total. The maximum atomic E-state index is 13.7. The number of hydrogen-bond acceptors (Lipinski definition) is 4. The molecule has 4 atom stereocenters. The number of hydrogen-bond donors (Lipinski definition) is 1. The van der Waals surface area contributed by atoms with Gasteiger partial charge in [-0.1, -0.05) is 46.3 Å². The van der Waals surface area contributed by atoms with E-state index in [0.29, 0.717) is 0 Å². The van der Waals surface area contributed by atoms with Crippen LogP contribution in [0.2, 0.25) is 0 Å². The summed E-state index contributed by atoms with van der Waals surface area (Å²) in [6, 6.07) is 15.2. The van der Waals surface area contributed by atoms with Crippen LogP contribution in [-0.4, -0.2) is 40.1 Å². The maximum Gasteiger partial charge on any atom is 0.250 e. The zero-order valence-corrected chi connectivity index (χ0v) is 17.8. The smallest absolute Gasteiger partial charge is 0.250 e. The lowest BCUT2D eigenvalue weighted by molar-refractivity contribution is -0.146. The van der Waals surface area contributed by atoms with Gasteiger partial charge >= 0.3 is 0 Å². The van der Waals surface area contributed by atoms with Gasteiger partial charge in [0, 0.05) is 21.8 Å². The van der Waals surface area contributed by atoms with Crippen LogP contribution in [-0.2, 0) is 26.5 Å². The molecule has 3 fully saturated rings. The zero-order valence-electron chi connectivity index (χ0n) is 16.2. The van der Waals surface area contributed by atoms with Crippen LogP contribution in [0.4, 0.5) is 5.69 Å². The molecule has 0 unspecified atom stereocenters. The van der Waals surface area contributed by atoms with Crippen LogP contribution < -0.4 is 5.32 Å². The Bertz CT molecular complexity index is 1100. The fourth-order valence-electron chi connectivity index (χ4n) is 6.16. The largest absolute Gasteiger partial charge is 0.324 e. The number of nitrogens with one attached hydrogen (secondary N) is 1. The molecule has 4 aliphatic rings. The topological polar surface area (TPSA) is 69.7 Å². The van der Waals surface area contributed by atoms with Crippen molar-refractivity contribution in [3.05, 3.63) is 64.1 Å². The highest BCUT2D eigenvalue weighted by Gasteiger charge is 2.74. The second-order valence-corrected chi connectivity index (χ2v) is 9.48. The van der Waals surface area contributed by atoms with Crippen LogP contribution >= 0.6 is 15.9 Å². The molecule has 0 aliphatic carbocycles. The standard InChI is InChI=1S/C23H20BrN3O3/c24-14-8-9-16-15(11-14)23(22(30)25-16)19-18(17-7-4-10-27(17)23)20(28)26(21(19)29)12-13-5-2-1-3-6-13/h1-3,5-6,8-9,11,17-19H,4,7,10,12H2,(H,25,30)/t17-,18+,19-,23+/m0/s1. The van der Waals surface area contributed by atoms with Gasteiger partial charge in [0.15, 0.2) is 0 Å². The van der Waals surface area contributed by atoms with Crippen LogP contribution in [0.5, 0.6) is 0 Å². The minimum Gasteiger partial charge on any atom is -0.324 e. The number of nitrogens with zero attached hydrogens (tertiary/aromatic N) is 2. The first-order chi connectivity index (χ1) is 14.5. The van der Waals surface area contributed by atoms with Crippen LogP contribution in [0, 0.1) is 11.8 Å². The third-order valence-electron chi connectivity index (χ3n) is 7.23. The second kappa shape index (κ2) is 6.25. The van der Waals surface area contributed by atoms with E-state index in [0.717, 1.165) is 40.7 Å². The van der Waals surface area contributed by atoms with Crippen molar-refractivity contribution < 1.29 is 14.4 Å². The number of rotatable bonds is 2. The van der Waals surface area contributed by atoms with E-state index in [2.05, 4.69) is 26.1 Å². The normalized spacial score (nSPS) is 32.0. The van der Waals surface area contributed by atoms with E-state index in [1.165, 1.54) is 4.90 Å². The molecular formula is C23H20BrN3O3. The molecule has 1 N–H and O–H groups in total. The summed E-state index contributed by atoms with van der Waals surface area (Å²) in [7, 11) is 0. The molecule has 0 bridgehead atoms. The highest BCUT2D eigenvalue weighted by Crippen LogP contribution is 2.60. The predicted octanol–water partition coefficient (Wildman–Crippen LogP) is 2.88. The first-order valence-corrected chi connectivity index (χ1v) is 11.1. The van der Waals surface area contributed by atoms with Gasteiger partial charge in [0.2, 0.25) is 17.7 Å². The first kappa shape index (κ1) is 18.3. The third kappa shape index (κ3) is 2.14. The fourth-order valence-corrected chi connectivity index (χ4v) is 6.52. The van der Waals surface area contributed by atoms with Crippen molar-refractivity contribution in [3.63, 3.8) is 0 Å². The summed E-state index contributed by atoms with van der Waals surface area (Å²) in [5.41, 5.74) is 1.35. The van der Waals surface area contributed by atoms with Crippen LogP contribution in [0.15, 0.2) is 53.0 Å². The molecule has 6 rings (SSSR count). The van der Waals surface area contributed by atoms with Gasteiger partial charge < -0.3 is 5.32 Å². The minimum absolute atomic E-state index is 0.0806. The Hall–Kier alpha value is -2.51. The number of halogens is 1. The molecule has 1 spiro atoms. The molecule has 0 radical (unpaired) electrons. The lowest BCUT2D eigenvalue weighted by atomic mass is 9.75. The van der Waals surface area contributed by atoms with E-state index >= 15 is 0 Å². The van der Waals surface area contributed by atoms with E-state index in [9.17, 15) is 14.4 Å². The Kier molecular flexibility index (Phi) is 3.81. The number of likely N-dealkylation sites (tertiary alicyclic amines) is 1. The van der Waals surface area contributed by atoms with Gasteiger partial charge in [-0.2, -0.15) is 0 Å². The van der Waals surface area contributed by atoms with Crippen molar-refractivity contribution in [2.75, 3.05) is 11.9 Å². The summed E-state index contributed by atoms with van der Waals surface area (Å²) in [6.45, 7) is 0.970. The van der Waals surface area contributed by atoms with Crippen LogP contribution in [0.1, 0.15) is 24.0 Å². The van der Waals surface area contributed by atoms with Crippen molar-refractivity contribution in [1.82, 2.24) is 9.80 Å². The fraction of sp³-hybridized carbons (Fsp3) is 0.348. The highest BCUT2D eigenvalue weighted by molar-refractivity contribution is 9.10. The van der Waals surface area contributed by atoms with E-state index < -0.39 is 17.4 Å². The van der Waals surface area contributed by atoms with Gasteiger partial charge in [0.25, 0.3) is 0 Å². The Morgan fingerprint density at radius 1 is 1.07 bits per heavy atom. The SMILES string of the molecule is O=C1[C@H]2[C@@H](C(=O)N1Cc1ccccc1)[C@]1(C(=O)Nc3ccc(Br)cc31)N1CCC[C@@H]21. The average Bonchev–Trinajstić information content (AvgIpc) is 3.44. The molecule has 4 aliphatic heterocycles. The van der Waals surface area contributed by atoms with E-state index in [1.807, 2.05) is 48.5 Å². The Labute approximate surface area is 182 Å². The van der Waals surface area contributed by atoms with E-state index in [4.69, 9.17) is 0 Å².